The molecule has 4 aliphatic rings. The average Bonchev–Trinajstić information content (AvgIpc) is 3.26. The van der Waals surface area contributed by atoms with Gasteiger partial charge in [-0.05, 0) is 63.7 Å². The number of likely N-dealkylation sites (tertiary alicyclic amines) is 1. The standard InChI is InChI=1S/C24H40FNO6/c1-16(13-28-2)32-24(27)26-10-9-21(17-3-5-19(25)6-4-17)18(12-26)14-29-20-7-8-22-23(11-20)31-15-30-22/h16-23H,3-15H2,1-2H3. The van der Waals surface area contributed by atoms with E-state index in [-0.39, 0.29) is 36.4 Å². The van der Waals surface area contributed by atoms with E-state index in [0.29, 0.717) is 57.8 Å². The first kappa shape index (κ1) is 24.2. The van der Waals surface area contributed by atoms with Gasteiger partial charge in [0.2, 0.25) is 0 Å². The van der Waals surface area contributed by atoms with Crippen LogP contribution in [0.1, 0.15) is 58.3 Å². The Bertz CT molecular complexity index is 601. The summed E-state index contributed by atoms with van der Waals surface area (Å²) in [7, 11) is 1.60. The Morgan fingerprint density at radius 3 is 2.66 bits per heavy atom. The maximum atomic E-state index is 13.7. The van der Waals surface area contributed by atoms with E-state index in [4.69, 9.17) is 23.7 Å². The van der Waals surface area contributed by atoms with Crippen LogP contribution in [0.2, 0.25) is 0 Å². The summed E-state index contributed by atoms with van der Waals surface area (Å²) in [5.74, 6) is 1.22. The minimum Gasteiger partial charge on any atom is -0.444 e. The van der Waals surface area contributed by atoms with Gasteiger partial charge in [-0.1, -0.05) is 0 Å². The smallest absolute Gasteiger partial charge is 0.410 e. The van der Waals surface area contributed by atoms with Crippen LogP contribution in [-0.4, -0.2) is 81.8 Å². The van der Waals surface area contributed by atoms with E-state index in [2.05, 4.69) is 0 Å². The molecule has 2 aliphatic carbocycles. The van der Waals surface area contributed by atoms with Crippen molar-refractivity contribution in [2.24, 2.45) is 17.8 Å². The second kappa shape index (κ2) is 11.4. The highest BCUT2D eigenvalue weighted by Gasteiger charge is 2.40. The monoisotopic (exact) mass is 457 g/mol. The van der Waals surface area contributed by atoms with Crippen LogP contribution in [0.25, 0.3) is 0 Å². The molecule has 0 aromatic carbocycles. The Kier molecular flexibility index (Phi) is 8.65. The predicted octanol–water partition coefficient (Wildman–Crippen LogP) is 3.93. The normalized spacial score (nSPS) is 38.8. The van der Waals surface area contributed by atoms with Crippen molar-refractivity contribution in [2.75, 3.05) is 40.2 Å². The maximum Gasteiger partial charge on any atom is 0.410 e. The SMILES string of the molecule is COCC(C)OC(=O)N1CCC(C2CCC(F)CC2)C(COC2CCC3OCOC3C2)C1. The van der Waals surface area contributed by atoms with Crippen molar-refractivity contribution in [2.45, 2.75) is 88.9 Å². The van der Waals surface area contributed by atoms with E-state index in [9.17, 15) is 9.18 Å². The third-order valence-electron chi connectivity index (χ3n) is 7.85. The van der Waals surface area contributed by atoms with E-state index >= 15 is 0 Å². The molecule has 7 nitrogen and oxygen atoms in total. The summed E-state index contributed by atoms with van der Waals surface area (Å²) in [5.41, 5.74) is 0. The number of hydrogen-bond donors (Lipinski definition) is 0. The summed E-state index contributed by atoms with van der Waals surface area (Å²) >= 11 is 0. The number of halogens is 1. The largest absolute Gasteiger partial charge is 0.444 e. The quantitative estimate of drug-likeness (QED) is 0.577. The molecule has 2 aliphatic heterocycles. The first-order valence-corrected chi connectivity index (χ1v) is 12.5. The first-order valence-electron chi connectivity index (χ1n) is 12.5. The fourth-order valence-corrected chi connectivity index (χ4v) is 6.09. The summed E-state index contributed by atoms with van der Waals surface area (Å²) in [6.07, 6.45) is 6.29. The van der Waals surface area contributed by atoms with Gasteiger partial charge in [-0.2, -0.15) is 0 Å². The molecule has 0 N–H and O–H groups in total. The molecule has 6 unspecified atom stereocenters. The lowest BCUT2D eigenvalue weighted by atomic mass is 9.71. The predicted molar refractivity (Wildman–Crippen MR) is 116 cm³/mol. The molecule has 184 valence electrons. The topological polar surface area (TPSA) is 66.5 Å². The molecule has 0 aromatic heterocycles. The van der Waals surface area contributed by atoms with Crippen LogP contribution < -0.4 is 0 Å². The van der Waals surface area contributed by atoms with Crippen molar-refractivity contribution in [3.63, 3.8) is 0 Å². The summed E-state index contributed by atoms with van der Waals surface area (Å²) in [6, 6.07) is 0. The highest BCUT2D eigenvalue weighted by Crippen LogP contribution is 2.40. The first-order chi connectivity index (χ1) is 15.5. The van der Waals surface area contributed by atoms with Crippen molar-refractivity contribution in [3.05, 3.63) is 0 Å². The molecule has 2 saturated carbocycles. The van der Waals surface area contributed by atoms with Crippen LogP contribution in [0.3, 0.4) is 0 Å². The number of fused-ring (bicyclic) bond motifs is 1. The van der Waals surface area contributed by atoms with Crippen LogP contribution in [0.15, 0.2) is 0 Å². The molecular formula is C24H40FNO6. The zero-order chi connectivity index (χ0) is 22.5. The summed E-state index contributed by atoms with van der Waals surface area (Å²) in [5, 5.41) is 0. The molecular weight excluding hydrogens is 417 g/mol. The van der Waals surface area contributed by atoms with Crippen molar-refractivity contribution >= 4 is 6.09 Å². The zero-order valence-corrected chi connectivity index (χ0v) is 19.6. The highest BCUT2D eigenvalue weighted by molar-refractivity contribution is 5.68. The number of ether oxygens (including phenoxy) is 5. The Morgan fingerprint density at radius 2 is 1.88 bits per heavy atom. The molecule has 0 aromatic rings. The van der Waals surface area contributed by atoms with Gasteiger partial charge in [0.05, 0.1) is 31.5 Å². The summed E-state index contributed by atoms with van der Waals surface area (Å²) in [4.78, 5) is 14.5. The molecule has 2 heterocycles. The molecule has 0 spiro atoms. The van der Waals surface area contributed by atoms with Gasteiger partial charge in [0.15, 0.2) is 0 Å². The van der Waals surface area contributed by atoms with Gasteiger partial charge < -0.3 is 28.6 Å². The van der Waals surface area contributed by atoms with Crippen LogP contribution in [-0.2, 0) is 23.7 Å². The average molecular weight is 458 g/mol. The van der Waals surface area contributed by atoms with Gasteiger partial charge in [-0.25, -0.2) is 9.18 Å². The summed E-state index contributed by atoms with van der Waals surface area (Å²) in [6.45, 7) is 4.57. The molecule has 1 amide bonds. The minimum atomic E-state index is -0.651. The molecule has 8 heteroatoms. The Labute approximate surface area is 191 Å². The fourth-order valence-electron chi connectivity index (χ4n) is 6.09. The second-order valence-electron chi connectivity index (χ2n) is 10.1. The minimum absolute atomic E-state index is 0.143. The van der Waals surface area contributed by atoms with Crippen LogP contribution in [0.5, 0.6) is 0 Å². The molecule has 0 bridgehead atoms. The van der Waals surface area contributed by atoms with Crippen LogP contribution in [0, 0.1) is 17.8 Å². The Hall–Kier alpha value is -0.960. The highest BCUT2D eigenvalue weighted by atomic mass is 19.1. The number of nitrogens with zero attached hydrogens (tertiary/aromatic N) is 1. The molecule has 4 fully saturated rings. The fraction of sp³-hybridized carbons (Fsp3) is 0.958. The van der Waals surface area contributed by atoms with Crippen LogP contribution >= 0.6 is 0 Å². The van der Waals surface area contributed by atoms with E-state index in [1.54, 1.807) is 7.11 Å². The number of amides is 1. The maximum absolute atomic E-state index is 13.7. The number of hydrogen-bond acceptors (Lipinski definition) is 6. The molecule has 2 saturated heterocycles. The Morgan fingerprint density at radius 1 is 1.09 bits per heavy atom. The third-order valence-corrected chi connectivity index (χ3v) is 7.85. The van der Waals surface area contributed by atoms with Crippen molar-refractivity contribution in [1.29, 1.82) is 0 Å². The van der Waals surface area contributed by atoms with Gasteiger partial charge in [0.25, 0.3) is 0 Å². The Balaban J connectivity index is 1.34. The summed E-state index contributed by atoms with van der Waals surface area (Å²) < 4.78 is 42.1. The van der Waals surface area contributed by atoms with E-state index < -0.39 is 6.17 Å². The molecule has 4 rings (SSSR count). The second-order valence-corrected chi connectivity index (χ2v) is 10.1. The van der Waals surface area contributed by atoms with Gasteiger partial charge >= 0.3 is 6.09 Å². The number of rotatable bonds is 7. The molecule has 32 heavy (non-hydrogen) atoms. The number of carbonyl (C=O) groups is 1. The van der Waals surface area contributed by atoms with Crippen molar-refractivity contribution in [3.8, 4) is 0 Å². The van der Waals surface area contributed by atoms with E-state index in [1.807, 2.05) is 11.8 Å². The lowest BCUT2D eigenvalue weighted by molar-refractivity contribution is -0.0635. The van der Waals surface area contributed by atoms with Crippen molar-refractivity contribution in [1.82, 2.24) is 4.90 Å². The van der Waals surface area contributed by atoms with E-state index in [1.165, 1.54) is 0 Å². The number of methoxy groups -OCH3 is 1. The zero-order valence-electron chi connectivity index (χ0n) is 19.6. The lowest BCUT2D eigenvalue weighted by Gasteiger charge is -2.44. The number of piperidine rings is 1. The van der Waals surface area contributed by atoms with Crippen molar-refractivity contribution < 1.29 is 32.9 Å². The van der Waals surface area contributed by atoms with Gasteiger partial charge in [-0.3, -0.25) is 0 Å². The van der Waals surface area contributed by atoms with Gasteiger partial charge in [-0.15, -0.1) is 0 Å². The van der Waals surface area contributed by atoms with Gasteiger partial charge in [0, 0.05) is 32.5 Å². The molecule has 6 atom stereocenters. The number of carbonyl (C=O) groups excluding carboxylic acids is 1. The molecule has 0 radical (unpaired) electrons. The van der Waals surface area contributed by atoms with Crippen LogP contribution in [0.4, 0.5) is 9.18 Å². The van der Waals surface area contributed by atoms with E-state index in [0.717, 1.165) is 38.5 Å². The lowest BCUT2D eigenvalue weighted by Crippen LogP contribution is -2.49. The number of alkyl halides is 1. The third kappa shape index (κ3) is 6.13. The van der Waals surface area contributed by atoms with Gasteiger partial charge in [0.1, 0.15) is 19.1 Å².